The fourth-order valence-electron chi connectivity index (χ4n) is 1.77. The molecule has 0 saturated carbocycles. The lowest BCUT2D eigenvalue weighted by Gasteiger charge is -2.17. The van der Waals surface area contributed by atoms with Crippen LogP contribution in [0.5, 0.6) is 0 Å². The summed E-state index contributed by atoms with van der Waals surface area (Å²) in [4.78, 5) is 2.46. The van der Waals surface area contributed by atoms with Crippen molar-refractivity contribution >= 4 is 38.6 Å². The van der Waals surface area contributed by atoms with Gasteiger partial charge in [0.2, 0.25) is 0 Å². The molecule has 1 aliphatic heterocycles. The molecule has 0 N–H and O–H groups in total. The summed E-state index contributed by atoms with van der Waals surface area (Å²) < 4.78 is 0. The maximum absolute atomic E-state index is 3.45. The summed E-state index contributed by atoms with van der Waals surface area (Å²) in [5.41, 5.74) is 2.73. The van der Waals surface area contributed by atoms with Gasteiger partial charge in [0.1, 0.15) is 0 Å². The first kappa shape index (κ1) is 12.1. The van der Waals surface area contributed by atoms with Crippen LogP contribution < -0.4 is 4.90 Å². The van der Waals surface area contributed by atoms with E-state index in [1.165, 1.54) is 37.2 Å². The Morgan fingerprint density at radius 1 is 1.07 bits per heavy atom. The molecule has 1 aromatic rings. The van der Waals surface area contributed by atoms with Gasteiger partial charge < -0.3 is 4.90 Å². The largest absolute Gasteiger partial charge is 0.372 e. The van der Waals surface area contributed by atoms with Crippen LogP contribution in [0, 0.1) is 0 Å². The van der Waals surface area contributed by atoms with E-state index in [-0.39, 0.29) is 17.0 Å². The number of halogens is 2. The Morgan fingerprint density at radius 3 is 2.14 bits per heavy atom. The monoisotopic (exact) mass is 319 g/mol. The minimum Gasteiger partial charge on any atom is -0.372 e. The summed E-state index contributed by atoms with van der Waals surface area (Å²) in [6.07, 6.45) is 2.69. The quantitative estimate of drug-likeness (QED) is 0.750. The van der Waals surface area contributed by atoms with Crippen LogP contribution in [0.25, 0.3) is 0 Å². The molecule has 14 heavy (non-hydrogen) atoms. The molecule has 3 heteroatoms. The third kappa shape index (κ3) is 2.74. The molecule has 1 nitrogen and oxygen atoms in total. The summed E-state index contributed by atoms with van der Waals surface area (Å²) in [5, 5.41) is 0.952. The summed E-state index contributed by atoms with van der Waals surface area (Å²) in [6.45, 7) is 2.46. The van der Waals surface area contributed by atoms with Gasteiger partial charge in [-0.05, 0) is 30.5 Å². The Kier molecular flexibility index (Phi) is 4.96. The molecule has 2 rings (SSSR count). The van der Waals surface area contributed by atoms with Gasteiger partial charge >= 0.3 is 0 Å². The number of nitrogens with zero attached hydrogens (tertiary/aromatic N) is 1. The van der Waals surface area contributed by atoms with Crippen LogP contribution in [0.3, 0.4) is 0 Å². The molecule has 0 spiro atoms. The highest BCUT2D eigenvalue weighted by molar-refractivity contribution is 9.08. The van der Waals surface area contributed by atoms with Crippen LogP contribution in [-0.2, 0) is 5.33 Å². The molecular formula is C11H15Br2N. The van der Waals surface area contributed by atoms with Crippen LogP contribution in [0.1, 0.15) is 18.4 Å². The Balaban J connectivity index is 0.000000980. The summed E-state index contributed by atoms with van der Waals surface area (Å²) in [6, 6.07) is 8.84. The molecule has 0 atom stereocenters. The van der Waals surface area contributed by atoms with Gasteiger partial charge in [0.25, 0.3) is 0 Å². The van der Waals surface area contributed by atoms with Gasteiger partial charge in [-0.3, -0.25) is 0 Å². The van der Waals surface area contributed by atoms with Crippen molar-refractivity contribution in [2.24, 2.45) is 0 Å². The van der Waals surface area contributed by atoms with E-state index in [1.807, 2.05) is 0 Å². The smallest absolute Gasteiger partial charge is 0.0366 e. The highest BCUT2D eigenvalue weighted by Gasteiger charge is 2.11. The van der Waals surface area contributed by atoms with E-state index < -0.39 is 0 Å². The molecule has 78 valence electrons. The van der Waals surface area contributed by atoms with Gasteiger partial charge in [0.05, 0.1) is 0 Å². The molecule has 1 saturated heterocycles. The van der Waals surface area contributed by atoms with Crippen LogP contribution in [0.15, 0.2) is 24.3 Å². The molecule has 1 aliphatic rings. The molecule has 0 radical (unpaired) electrons. The standard InChI is InChI=1S/C11H14BrN.BrH/c12-9-10-3-5-11(6-4-10)13-7-1-2-8-13;/h3-6H,1-2,7-9H2;1H. The molecule has 1 fully saturated rings. The topological polar surface area (TPSA) is 3.24 Å². The van der Waals surface area contributed by atoms with Gasteiger partial charge in [-0.2, -0.15) is 0 Å². The second-order valence-electron chi connectivity index (χ2n) is 3.49. The zero-order valence-corrected chi connectivity index (χ0v) is 11.4. The Bertz CT molecular complexity index is 265. The minimum atomic E-state index is 0. The first-order valence-corrected chi connectivity index (χ1v) is 5.92. The van der Waals surface area contributed by atoms with E-state index in [1.54, 1.807) is 0 Å². The van der Waals surface area contributed by atoms with E-state index in [0.717, 1.165) is 5.33 Å². The van der Waals surface area contributed by atoms with Crippen molar-refractivity contribution in [2.75, 3.05) is 18.0 Å². The van der Waals surface area contributed by atoms with Gasteiger partial charge in [-0.15, -0.1) is 17.0 Å². The summed E-state index contributed by atoms with van der Waals surface area (Å²) >= 11 is 3.45. The SMILES string of the molecule is Br.BrCc1ccc(N2CCCC2)cc1. The number of benzene rings is 1. The Labute approximate surface area is 104 Å². The third-order valence-electron chi connectivity index (χ3n) is 2.56. The Morgan fingerprint density at radius 2 is 1.64 bits per heavy atom. The van der Waals surface area contributed by atoms with Crippen molar-refractivity contribution in [3.8, 4) is 0 Å². The van der Waals surface area contributed by atoms with Gasteiger partial charge in [-0.1, -0.05) is 28.1 Å². The van der Waals surface area contributed by atoms with Crippen LogP contribution in [-0.4, -0.2) is 13.1 Å². The van der Waals surface area contributed by atoms with E-state index in [9.17, 15) is 0 Å². The molecule has 0 amide bonds. The summed E-state index contributed by atoms with van der Waals surface area (Å²) in [5.74, 6) is 0. The fraction of sp³-hybridized carbons (Fsp3) is 0.455. The Hall–Kier alpha value is -0.0200. The van der Waals surface area contributed by atoms with Crippen molar-refractivity contribution < 1.29 is 0 Å². The van der Waals surface area contributed by atoms with E-state index in [2.05, 4.69) is 45.1 Å². The van der Waals surface area contributed by atoms with Crippen LogP contribution in [0.4, 0.5) is 5.69 Å². The van der Waals surface area contributed by atoms with Crippen LogP contribution in [0.2, 0.25) is 0 Å². The molecular weight excluding hydrogens is 306 g/mol. The number of alkyl halides is 1. The number of hydrogen-bond acceptors (Lipinski definition) is 1. The zero-order valence-electron chi connectivity index (χ0n) is 8.08. The lowest BCUT2D eigenvalue weighted by Crippen LogP contribution is -2.17. The highest BCUT2D eigenvalue weighted by Crippen LogP contribution is 2.20. The third-order valence-corrected chi connectivity index (χ3v) is 3.21. The summed E-state index contributed by atoms with van der Waals surface area (Å²) in [7, 11) is 0. The average Bonchev–Trinajstić information content (AvgIpc) is 2.71. The maximum Gasteiger partial charge on any atom is 0.0366 e. The van der Waals surface area contributed by atoms with E-state index >= 15 is 0 Å². The van der Waals surface area contributed by atoms with Crippen molar-refractivity contribution in [3.05, 3.63) is 29.8 Å². The van der Waals surface area contributed by atoms with Gasteiger partial charge in [0, 0.05) is 24.1 Å². The van der Waals surface area contributed by atoms with Crippen LogP contribution >= 0.6 is 32.9 Å². The normalized spacial score (nSPS) is 15.4. The van der Waals surface area contributed by atoms with Crippen molar-refractivity contribution in [3.63, 3.8) is 0 Å². The molecule has 0 bridgehead atoms. The molecule has 0 unspecified atom stereocenters. The van der Waals surface area contributed by atoms with E-state index in [4.69, 9.17) is 0 Å². The van der Waals surface area contributed by atoms with E-state index in [0.29, 0.717) is 0 Å². The predicted molar refractivity (Wildman–Crippen MR) is 70.8 cm³/mol. The van der Waals surface area contributed by atoms with Crippen molar-refractivity contribution in [2.45, 2.75) is 18.2 Å². The molecule has 1 aromatic carbocycles. The highest BCUT2D eigenvalue weighted by atomic mass is 79.9. The number of rotatable bonds is 2. The predicted octanol–water partition coefficient (Wildman–Crippen LogP) is 3.76. The van der Waals surface area contributed by atoms with Crippen molar-refractivity contribution in [1.29, 1.82) is 0 Å². The zero-order chi connectivity index (χ0) is 9.10. The first-order valence-electron chi connectivity index (χ1n) is 4.80. The molecule has 1 heterocycles. The maximum atomic E-state index is 3.45. The average molecular weight is 321 g/mol. The number of anilines is 1. The molecule has 0 aliphatic carbocycles. The van der Waals surface area contributed by atoms with Crippen molar-refractivity contribution in [1.82, 2.24) is 0 Å². The number of hydrogen-bond donors (Lipinski definition) is 0. The fourth-order valence-corrected chi connectivity index (χ4v) is 2.15. The van der Waals surface area contributed by atoms with Gasteiger partial charge in [0.15, 0.2) is 0 Å². The second kappa shape index (κ2) is 5.76. The lowest BCUT2D eigenvalue weighted by molar-refractivity contribution is 0.949. The first-order chi connectivity index (χ1) is 6.40. The minimum absolute atomic E-state index is 0. The second-order valence-corrected chi connectivity index (χ2v) is 4.05. The van der Waals surface area contributed by atoms with Gasteiger partial charge in [-0.25, -0.2) is 0 Å². The molecule has 0 aromatic heterocycles. The lowest BCUT2D eigenvalue weighted by atomic mass is 10.2.